The van der Waals surface area contributed by atoms with Crippen molar-refractivity contribution in [1.82, 2.24) is 0 Å². The van der Waals surface area contributed by atoms with Gasteiger partial charge in [-0.15, -0.1) is 0 Å². The van der Waals surface area contributed by atoms with Gasteiger partial charge in [-0.2, -0.15) is 0 Å². The summed E-state index contributed by atoms with van der Waals surface area (Å²) in [5, 5.41) is 89.4. The molecule has 0 spiro atoms. The van der Waals surface area contributed by atoms with Crippen LogP contribution in [0.3, 0.4) is 0 Å². The summed E-state index contributed by atoms with van der Waals surface area (Å²) in [6, 6.07) is 0. The van der Waals surface area contributed by atoms with Crippen LogP contribution >= 0.6 is 7.82 Å². The van der Waals surface area contributed by atoms with Crippen molar-refractivity contribution in [3.8, 4) is 0 Å². The van der Waals surface area contributed by atoms with E-state index >= 15 is 0 Å². The lowest BCUT2D eigenvalue weighted by atomic mass is 9.83. The number of phosphoric ester groups is 1. The molecule has 1 fully saturated rings. The number of cyclic esters (lactones) is 1. The minimum Gasteiger partial charge on any atom is -0.462 e. The zero-order chi connectivity index (χ0) is 47.3. The maximum atomic E-state index is 13.4. The van der Waals surface area contributed by atoms with Crippen molar-refractivity contribution in [1.29, 1.82) is 0 Å². The Bertz CT molecular complexity index is 1480. The third-order valence-electron chi connectivity index (χ3n) is 11.4. The first-order valence-corrected chi connectivity index (χ1v) is 24.8. The largest absolute Gasteiger partial charge is 0.472 e. The van der Waals surface area contributed by atoms with E-state index in [1.807, 2.05) is 6.92 Å². The fourth-order valence-electron chi connectivity index (χ4n) is 7.51. The summed E-state index contributed by atoms with van der Waals surface area (Å²) in [5.41, 5.74) is 0. The Balaban J connectivity index is 2.09. The van der Waals surface area contributed by atoms with Crippen LogP contribution in [0.15, 0.2) is 60.8 Å². The zero-order valence-corrected chi connectivity index (χ0v) is 38.8. The highest BCUT2D eigenvalue weighted by Gasteiger charge is 2.49. The van der Waals surface area contributed by atoms with Crippen LogP contribution in [0.1, 0.15) is 136 Å². The third kappa shape index (κ3) is 23.2. The van der Waals surface area contributed by atoms with Crippen molar-refractivity contribution in [3.63, 3.8) is 0 Å². The molecule has 368 valence electrons. The summed E-state index contributed by atoms with van der Waals surface area (Å²) in [5.74, 6) is -4.28. The minimum atomic E-state index is -5.43. The number of hydrogen-bond donors (Lipinski definition) is 9. The smallest absolute Gasteiger partial charge is 0.462 e. The number of aliphatic hydroxyl groups excluding tert-OH is 8. The van der Waals surface area contributed by atoms with Crippen molar-refractivity contribution in [2.45, 2.75) is 197 Å². The molecule has 9 N–H and O–H groups in total. The van der Waals surface area contributed by atoms with Gasteiger partial charge in [0.05, 0.1) is 43.5 Å². The van der Waals surface area contributed by atoms with Gasteiger partial charge in [-0.25, -0.2) is 4.57 Å². The van der Waals surface area contributed by atoms with E-state index in [1.165, 1.54) is 43.6 Å². The van der Waals surface area contributed by atoms with Gasteiger partial charge in [0.1, 0.15) is 31.0 Å². The second-order valence-corrected chi connectivity index (χ2v) is 18.3. The predicted molar refractivity (Wildman–Crippen MR) is 241 cm³/mol. The number of rotatable bonds is 23. The Hall–Kier alpha value is -2.57. The Morgan fingerprint density at radius 2 is 1.39 bits per heavy atom. The second kappa shape index (κ2) is 33.0. The first kappa shape index (κ1) is 57.6. The Labute approximate surface area is 380 Å². The second-order valence-electron chi connectivity index (χ2n) is 16.9. The van der Waals surface area contributed by atoms with Crippen LogP contribution in [0.4, 0.5) is 0 Å². The molecule has 2 aliphatic rings. The Morgan fingerprint density at radius 1 is 0.781 bits per heavy atom. The summed E-state index contributed by atoms with van der Waals surface area (Å²) in [6.45, 7) is 2.74. The minimum absolute atomic E-state index is 0.0726. The highest BCUT2D eigenvalue weighted by molar-refractivity contribution is 7.47. The third-order valence-corrected chi connectivity index (χ3v) is 12.4. The highest BCUT2D eigenvalue weighted by Crippen LogP contribution is 2.47. The molecule has 2 rings (SSSR count). The van der Waals surface area contributed by atoms with Crippen LogP contribution in [0, 0.1) is 11.8 Å². The molecule has 1 aliphatic carbocycles. The summed E-state index contributed by atoms with van der Waals surface area (Å²) < 4.78 is 34.4. The molecule has 2 bridgehead atoms. The van der Waals surface area contributed by atoms with Crippen LogP contribution in [0.2, 0.25) is 0 Å². The van der Waals surface area contributed by atoms with Crippen molar-refractivity contribution >= 4 is 19.8 Å². The van der Waals surface area contributed by atoms with Crippen LogP contribution in [0.25, 0.3) is 0 Å². The number of fused-ring (bicyclic) bond motifs is 4. The van der Waals surface area contributed by atoms with Crippen molar-refractivity contribution < 1.29 is 78.4 Å². The normalized spacial score (nSPS) is 32.7. The van der Waals surface area contributed by atoms with E-state index in [1.54, 1.807) is 0 Å². The first-order valence-electron chi connectivity index (χ1n) is 23.3. The molecule has 16 nitrogen and oxygen atoms in total. The Kier molecular flexibility index (Phi) is 29.7. The molecule has 0 aromatic carbocycles. The summed E-state index contributed by atoms with van der Waals surface area (Å²) >= 11 is 0. The average molecular weight is 931 g/mol. The number of unbranched alkanes of at least 4 members (excludes halogenated alkanes) is 9. The number of phosphoric acid groups is 1. The predicted octanol–water partition coefficient (Wildman–Crippen LogP) is 5.32. The molecule has 0 saturated heterocycles. The van der Waals surface area contributed by atoms with Gasteiger partial charge in [0, 0.05) is 24.7 Å². The molecule has 0 aromatic rings. The fourth-order valence-corrected chi connectivity index (χ4v) is 8.48. The number of carbonyl (C=O) groups is 2. The lowest BCUT2D eigenvalue weighted by molar-refractivity contribution is -0.167. The van der Waals surface area contributed by atoms with Crippen LogP contribution in [0.5, 0.6) is 0 Å². The maximum Gasteiger partial charge on any atom is 0.472 e. The molecule has 1 aliphatic heterocycles. The van der Waals surface area contributed by atoms with E-state index in [2.05, 4.69) is 43.4 Å². The lowest BCUT2D eigenvalue weighted by Crippen LogP contribution is -2.55. The van der Waals surface area contributed by atoms with Gasteiger partial charge >= 0.3 is 19.8 Å². The molecular formula is C47H79O16P. The van der Waals surface area contributed by atoms with Gasteiger partial charge in [-0.05, 0) is 57.8 Å². The molecule has 0 amide bonds. The molecule has 0 aromatic heterocycles. The van der Waals surface area contributed by atoms with Crippen LogP contribution in [-0.2, 0) is 32.7 Å². The summed E-state index contributed by atoms with van der Waals surface area (Å²) in [4.78, 5) is 36.3. The molecule has 1 unspecified atom stereocenters. The van der Waals surface area contributed by atoms with Crippen molar-refractivity contribution in [2.75, 3.05) is 13.2 Å². The number of carbonyl (C=O) groups excluding carboxylic acids is 2. The summed E-state index contributed by atoms with van der Waals surface area (Å²) in [6.07, 6.45) is 11.6. The van der Waals surface area contributed by atoms with Crippen molar-refractivity contribution in [3.05, 3.63) is 60.8 Å². The van der Waals surface area contributed by atoms with E-state index in [4.69, 9.17) is 18.5 Å². The number of ether oxygens (including phenoxy) is 2. The van der Waals surface area contributed by atoms with Gasteiger partial charge in [-0.3, -0.25) is 18.6 Å². The first-order chi connectivity index (χ1) is 30.6. The number of hydrogen-bond acceptors (Lipinski definition) is 15. The van der Waals surface area contributed by atoms with E-state index in [0.717, 1.165) is 57.8 Å². The van der Waals surface area contributed by atoms with E-state index in [-0.39, 0.29) is 19.3 Å². The maximum absolute atomic E-state index is 13.4. The molecule has 13 atom stereocenters. The number of aliphatic hydroxyl groups is 8. The SMILES string of the molecule is CCCCC/C=C\C/C=C\C/C=C\CCCCCCC(=O)OC[C@@H]1COP(=O)(O)O[C@H]2[C@H](O)[C@@H](O)[C@H](O)[C@H](C/C=C\CC(=O)O1)[C@@H](O)C[C@@H](O)[C@H](/C=C\[C@H](O)CCCCC)[C@@H](O)[C@H]2O. The van der Waals surface area contributed by atoms with Gasteiger partial charge in [0.25, 0.3) is 0 Å². The van der Waals surface area contributed by atoms with Crippen LogP contribution < -0.4 is 0 Å². The van der Waals surface area contributed by atoms with Crippen LogP contribution in [-0.4, -0.2) is 132 Å². The number of esters is 2. The van der Waals surface area contributed by atoms with Crippen molar-refractivity contribution in [2.24, 2.45) is 11.8 Å². The molecule has 1 heterocycles. The highest BCUT2D eigenvalue weighted by atomic mass is 31.2. The molecule has 0 radical (unpaired) electrons. The average Bonchev–Trinajstić information content (AvgIpc) is 3.26. The van der Waals surface area contributed by atoms with Gasteiger partial charge in [0.15, 0.2) is 6.10 Å². The molecular weight excluding hydrogens is 851 g/mol. The van der Waals surface area contributed by atoms with Gasteiger partial charge in [-0.1, -0.05) is 120 Å². The fraction of sp³-hybridized carbons (Fsp3) is 0.745. The summed E-state index contributed by atoms with van der Waals surface area (Å²) in [7, 11) is -5.43. The van der Waals surface area contributed by atoms with Gasteiger partial charge < -0.3 is 55.2 Å². The Morgan fingerprint density at radius 3 is 2.06 bits per heavy atom. The molecule has 17 heteroatoms. The van der Waals surface area contributed by atoms with E-state index in [0.29, 0.717) is 19.3 Å². The lowest BCUT2D eigenvalue weighted by Gasteiger charge is -2.37. The monoisotopic (exact) mass is 931 g/mol. The molecule has 1 saturated carbocycles. The molecule has 64 heavy (non-hydrogen) atoms. The quantitative estimate of drug-likeness (QED) is 0.0271. The van der Waals surface area contributed by atoms with E-state index in [9.17, 15) is 59.9 Å². The zero-order valence-electron chi connectivity index (χ0n) is 37.9. The van der Waals surface area contributed by atoms with E-state index < -0.39 is 112 Å². The number of allylic oxidation sites excluding steroid dienone is 7. The van der Waals surface area contributed by atoms with Gasteiger partial charge in [0.2, 0.25) is 0 Å². The standard InChI is InChI=1S/C47H79O16P/c1-3-5-7-8-9-10-11-12-13-14-15-16-17-18-19-20-22-27-40(51)60-32-35-33-61-64(58,59)63-47-45(56)43(54)37(30-29-34(48)25-21-6-4-2)39(50)31-38(49)36(42(53)44(55)46(47)57)26-23-24-28-41(52)62-35/h9-10,12-13,15-16,23-24,29-30,34-39,42-50,53-57H,3-8,11,14,17-22,25-28,31-33H2,1-2H3,(H,58,59)/b10-9-,13-12-,16-15-,24-23-,30-29-/t34-,35-,36-,37+,38+,39-,42-,43-,44+,45-,46-,47-/m1/s1. The topological polar surface area (TPSA) is 270 Å².